The Bertz CT molecular complexity index is 539. The van der Waals surface area contributed by atoms with Crippen molar-refractivity contribution in [1.29, 1.82) is 0 Å². The Hall–Kier alpha value is 0. The van der Waals surface area contributed by atoms with Crippen molar-refractivity contribution < 1.29 is 0 Å². The third-order valence-corrected chi connectivity index (χ3v) is 12.4. The minimum absolute atomic E-state index is 0.613. The van der Waals surface area contributed by atoms with Gasteiger partial charge in [0.25, 0.3) is 0 Å². The molecule has 0 aromatic heterocycles. The first-order valence-electron chi connectivity index (χ1n) is 14.1. The average molecular weight is 397 g/mol. The quantitative estimate of drug-likeness (QED) is 0.439. The number of rotatable bonds is 2. The minimum Gasteiger partial charge on any atom is -0.0594 e. The van der Waals surface area contributed by atoms with Crippen molar-refractivity contribution in [3.8, 4) is 0 Å². The maximum Gasteiger partial charge on any atom is -0.0292 e. The summed E-state index contributed by atoms with van der Waals surface area (Å²) < 4.78 is 0. The Morgan fingerprint density at radius 2 is 0.793 bits per heavy atom. The van der Waals surface area contributed by atoms with Gasteiger partial charge in [0.15, 0.2) is 0 Å². The fraction of sp³-hybridized carbons (Fsp3) is 1.00. The van der Waals surface area contributed by atoms with E-state index >= 15 is 0 Å². The summed E-state index contributed by atoms with van der Waals surface area (Å²) in [6.07, 6.45) is 25.3. The Kier molecular flexibility index (Phi) is 5.12. The van der Waals surface area contributed by atoms with Crippen LogP contribution in [0, 0.1) is 64.6 Å². The van der Waals surface area contributed by atoms with Crippen molar-refractivity contribution in [2.75, 3.05) is 0 Å². The van der Waals surface area contributed by atoms with Crippen LogP contribution in [0.1, 0.15) is 117 Å². The van der Waals surface area contributed by atoms with Gasteiger partial charge in [-0.2, -0.15) is 0 Å². The molecule has 0 aromatic rings. The second kappa shape index (κ2) is 7.55. The van der Waals surface area contributed by atoms with Gasteiger partial charge < -0.3 is 0 Å². The van der Waals surface area contributed by atoms with Crippen molar-refractivity contribution in [3.63, 3.8) is 0 Å². The molecule has 0 heterocycles. The van der Waals surface area contributed by atoms with Gasteiger partial charge in [0.1, 0.15) is 0 Å². The molecule has 6 saturated carbocycles. The summed E-state index contributed by atoms with van der Waals surface area (Å²) in [5.74, 6) is 11.1. The van der Waals surface area contributed by atoms with Crippen molar-refractivity contribution >= 4 is 0 Å². The van der Waals surface area contributed by atoms with Crippen LogP contribution < -0.4 is 0 Å². The topological polar surface area (TPSA) is 0 Å². The van der Waals surface area contributed by atoms with Gasteiger partial charge in [-0.15, -0.1) is 0 Å². The van der Waals surface area contributed by atoms with E-state index in [0.29, 0.717) is 5.41 Å². The first-order valence-corrected chi connectivity index (χ1v) is 14.1. The molecule has 0 bridgehead atoms. The van der Waals surface area contributed by atoms with Crippen LogP contribution in [0.3, 0.4) is 0 Å². The summed E-state index contributed by atoms with van der Waals surface area (Å²) in [6.45, 7) is 5.54. The van der Waals surface area contributed by atoms with E-state index in [1.54, 1.807) is 103 Å². The molecule has 0 heteroatoms. The second-order valence-corrected chi connectivity index (χ2v) is 13.4. The molecule has 0 aliphatic heterocycles. The van der Waals surface area contributed by atoms with E-state index in [-0.39, 0.29) is 0 Å². The SMILES string of the molecule is CC(C)(C1CCC2C3CCCCC3CCC21)C1CCC2C3CCCCC3CCC21. The van der Waals surface area contributed by atoms with Gasteiger partial charge in [0.05, 0.1) is 0 Å². The van der Waals surface area contributed by atoms with Crippen LogP contribution in [-0.2, 0) is 0 Å². The predicted octanol–water partition coefficient (Wildman–Crippen LogP) is 8.50. The fourth-order valence-corrected chi connectivity index (χ4v) is 11.3. The molecule has 0 amide bonds. The number of fused-ring (bicyclic) bond motifs is 6. The lowest BCUT2D eigenvalue weighted by atomic mass is 9.54. The lowest BCUT2D eigenvalue weighted by Crippen LogP contribution is -2.44. The van der Waals surface area contributed by atoms with Gasteiger partial charge in [0, 0.05) is 0 Å². The largest absolute Gasteiger partial charge is 0.0594 e. The van der Waals surface area contributed by atoms with Crippen LogP contribution in [0.2, 0.25) is 0 Å². The number of hydrogen-bond donors (Lipinski definition) is 0. The normalized spacial score (nSPS) is 52.3. The molecule has 0 spiro atoms. The zero-order valence-corrected chi connectivity index (χ0v) is 19.6. The summed E-state index contributed by atoms with van der Waals surface area (Å²) in [5, 5.41) is 0. The summed E-state index contributed by atoms with van der Waals surface area (Å²) >= 11 is 0. The molecule has 10 atom stereocenters. The van der Waals surface area contributed by atoms with E-state index in [1.807, 2.05) is 0 Å². The van der Waals surface area contributed by atoms with Crippen molar-refractivity contribution in [3.05, 3.63) is 0 Å². The van der Waals surface area contributed by atoms with E-state index in [4.69, 9.17) is 0 Å². The molecule has 29 heavy (non-hydrogen) atoms. The molecule has 10 unspecified atom stereocenters. The molecular weight excluding hydrogens is 348 g/mol. The van der Waals surface area contributed by atoms with Gasteiger partial charge >= 0.3 is 0 Å². The highest BCUT2D eigenvalue weighted by atomic mass is 14.6. The first-order chi connectivity index (χ1) is 14.1. The van der Waals surface area contributed by atoms with E-state index < -0.39 is 0 Å². The average Bonchev–Trinajstić information content (AvgIpc) is 3.39. The molecule has 6 aliphatic rings. The van der Waals surface area contributed by atoms with Crippen molar-refractivity contribution in [2.24, 2.45) is 64.6 Å². The highest BCUT2D eigenvalue weighted by molar-refractivity contribution is 5.05. The lowest BCUT2D eigenvalue weighted by molar-refractivity contribution is -0.0196. The molecule has 6 rings (SSSR count). The van der Waals surface area contributed by atoms with Crippen LogP contribution in [0.25, 0.3) is 0 Å². The standard InChI is InChI=1S/C29H48/c1-29(2,27-17-15-23-21-9-5-3-7-19(21)11-13-25(23)27)28-18-16-24-22-10-6-4-8-20(22)12-14-26(24)28/h19-28H,3-18H2,1-2H3. The van der Waals surface area contributed by atoms with Crippen LogP contribution in [-0.4, -0.2) is 0 Å². The van der Waals surface area contributed by atoms with Gasteiger partial charge in [-0.05, 0) is 129 Å². The third kappa shape index (κ3) is 3.11. The highest BCUT2D eigenvalue weighted by Gasteiger charge is 2.56. The zero-order valence-electron chi connectivity index (χ0n) is 19.6. The fourth-order valence-electron chi connectivity index (χ4n) is 11.3. The molecule has 0 saturated heterocycles. The number of hydrogen-bond acceptors (Lipinski definition) is 0. The second-order valence-electron chi connectivity index (χ2n) is 13.4. The highest BCUT2D eigenvalue weighted by Crippen LogP contribution is 2.64. The van der Waals surface area contributed by atoms with Gasteiger partial charge in [-0.3, -0.25) is 0 Å². The van der Waals surface area contributed by atoms with Crippen LogP contribution >= 0.6 is 0 Å². The molecule has 0 radical (unpaired) electrons. The van der Waals surface area contributed by atoms with E-state index in [2.05, 4.69) is 13.8 Å². The Labute approximate surface area is 181 Å². The van der Waals surface area contributed by atoms with Crippen molar-refractivity contribution in [1.82, 2.24) is 0 Å². The van der Waals surface area contributed by atoms with Crippen LogP contribution in [0.4, 0.5) is 0 Å². The molecule has 6 fully saturated rings. The molecule has 0 N–H and O–H groups in total. The Balaban J connectivity index is 1.20. The van der Waals surface area contributed by atoms with Gasteiger partial charge in [0.2, 0.25) is 0 Å². The van der Waals surface area contributed by atoms with Crippen LogP contribution in [0.5, 0.6) is 0 Å². The lowest BCUT2D eigenvalue weighted by Gasteiger charge is -2.51. The summed E-state index contributed by atoms with van der Waals surface area (Å²) in [6, 6.07) is 0. The molecular formula is C29H48. The molecule has 6 aliphatic carbocycles. The zero-order chi connectivity index (χ0) is 19.6. The van der Waals surface area contributed by atoms with Crippen LogP contribution in [0.15, 0.2) is 0 Å². The van der Waals surface area contributed by atoms with Gasteiger partial charge in [-0.1, -0.05) is 52.4 Å². The Morgan fingerprint density at radius 3 is 1.28 bits per heavy atom. The Morgan fingerprint density at radius 1 is 0.379 bits per heavy atom. The monoisotopic (exact) mass is 396 g/mol. The summed E-state index contributed by atoms with van der Waals surface area (Å²) in [7, 11) is 0. The van der Waals surface area contributed by atoms with E-state index in [0.717, 1.165) is 59.2 Å². The smallest absolute Gasteiger partial charge is 0.0292 e. The van der Waals surface area contributed by atoms with E-state index in [9.17, 15) is 0 Å². The molecule has 0 aromatic carbocycles. The van der Waals surface area contributed by atoms with Crippen molar-refractivity contribution in [2.45, 2.75) is 117 Å². The molecule has 0 nitrogen and oxygen atoms in total. The van der Waals surface area contributed by atoms with Gasteiger partial charge in [-0.25, -0.2) is 0 Å². The first kappa shape index (κ1) is 19.7. The third-order valence-electron chi connectivity index (χ3n) is 12.4. The maximum absolute atomic E-state index is 2.77. The minimum atomic E-state index is 0.613. The summed E-state index contributed by atoms with van der Waals surface area (Å²) in [4.78, 5) is 0. The predicted molar refractivity (Wildman–Crippen MR) is 123 cm³/mol. The maximum atomic E-state index is 2.77. The van der Waals surface area contributed by atoms with E-state index in [1.165, 1.54) is 0 Å². The molecule has 164 valence electrons. The summed E-state index contributed by atoms with van der Waals surface area (Å²) in [5.41, 5.74) is 0.613.